The van der Waals surface area contributed by atoms with Crippen molar-refractivity contribution in [2.24, 2.45) is 30.4 Å². The Morgan fingerprint density at radius 1 is 0.463 bits per heavy atom. The van der Waals surface area contributed by atoms with E-state index in [9.17, 15) is 0 Å². The van der Waals surface area contributed by atoms with Gasteiger partial charge >= 0.3 is 0 Å². The van der Waals surface area contributed by atoms with E-state index in [1.165, 1.54) is 0 Å². The van der Waals surface area contributed by atoms with Crippen LogP contribution >= 0.6 is 0 Å². The van der Waals surface area contributed by atoms with Crippen molar-refractivity contribution >= 4 is 63.2 Å². The highest BCUT2D eigenvalue weighted by Gasteiger charge is 2.66. The third kappa shape index (κ3) is 6.41. The van der Waals surface area contributed by atoms with Gasteiger partial charge in [-0.25, -0.2) is 25.0 Å². The van der Waals surface area contributed by atoms with Crippen LogP contribution in [-0.2, 0) is 4.79 Å². The van der Waals surface area contributed by atoms with Gasteiger partial charge in [0.25, 0.3) is 5.91 Å². The summed E-state index contributed by atoms with van der Waals surface area (Å²) in [6, 6.07) is 51.1. The number of aryl methyl sites for hydroxylation is 4. The normalized spacial score (nSPS) is 19.8. The maximum atomic E-state index is 16.1. The molecule has 2 heterocycles. The van der Waals surface area contributed by atoms with Gasteiger partial charge in [0.1, 0.15) is 11.4 Å². The lowest BCUT2D eigenvalue weighted by Crippen LogP contribution is -2.49. The van der Waals surface area contributed by atoms with E-state index >= 15 is 4.79 Å². The predicted octanol–water partition coefficient (Wildman–Crippen LogP) is 10.8. The molecule has 54 heavy (non-hydrogen) atoms. The molecule has 0 aromatic heterocycles. The molecule has 0 N–H and O–H groups in total. The van der Waals surface area contributed by atoms with Crippen molar-refractivity contribution in [3.63, 3.8) is 0 Å². The van der Waals surface area contributed by atoms with E-state index in [4.69, 9.17) is 25.0 Å². The second-order valence-electron chi connectivity index (χ2n) is 13.7. The number of rotatable bonds is 6. The third-order valence-electron chi connectivity index (χ3n) is 9.59. The van der Waals surface area contributed by atoms with Crippen LogP contribution in [-0.4, -0.2) is 34.7 Å². The van der Waals surface area contributed by atoms with E-state index < -0.39 is 5.41 Å². The average Bonchev–Trinajstić information content (AvgIpc) is 3.62. The second kappa shape index (κ2) is 14.3. The van der Waals surface area contributed by atoms with E-state index in [2.05, 4.69) is 0 Å². The van der Waals surface area contributed by atoms with Crippen LogP contribution in [0.1, 0.15) is 27.8 Å². The molecule has 0 saturated carbocycles. The minimum atomic E-state index is -1.65. The first-order valence-electron chi connectivity index (χ1n) is 18.0. The zero-order chi connectivity index (χ0) is 37.2. The highest BCUT2D eigenvalue weighted by Crippen LogP contribution is 2.46. The zero-order valence-electron chi connectivity index (χ0n) is 30.6. The number of hydrogen-bond donors (Lipinski definition) is 0. The molecule has 1 spiro atoms. The van der Waals surface area contributed by atoms with Gasteiger partial charge in [-0.1, -0.05) is 119 Å². The Bertz CT molecular complexity index is 2500. The summed E-state index contributed by atoms with van der Waals surface area (Å²) in [5.41, 5.74) is 8.10. The first kappa shape index (κ1) is 34.2. The quantitative estimate of drug-likeness (QED) is 0.170. The van der Waals surface area contributed by atoms with Gasteiger partial charge in [0.15, 0.2) is 17.1 Å². The standard InChI is InChI=1S/C47H38N6O/c1-31-15-23-36(24-16-31)48-42-44(50-38-27-19-33(3)20-28-38)52-41(35-11-7-5-8-12-35)47(42)43(49-37-25-17-32(2)18-26-37)45(51-39-29-21-34(4)22-30-39)53(46(47)54)40-13-9-6-10-14-40/h5-30H,1-4H3. The van der Waals surface area contributed by atoms with Crippen LogP contribution in [0.15, 0.2) is 183 Å². The molecule has 1 saturated heterocycles. The molecule has 2 aliphatic heterocycles. The molecule has 0 radical (unpaired) electrons. The number of anilines is 1. The lowest BCUT2D eigenvalue weighted by molar-refractivity contribution is -0.118. The van der Waals surface area contributed by atoms with Crippen molar-refractivity contribution in [2.75, 3.05) is 4.90 Å². The summed E-state index contributed by atoms with van der Waals surface area (Å²) in [4.78, 5) is 44.2. The molecule has 1 unspecified atom stereocenters. The van der Waals surface area contributed by atoms with Crippen molar-refractivity contribution in [1.29, 1.82) is 0 Å². The summed E-state index contributed by atoms with van der Waals surface area (Å²) in [7, 11) is 0. The maximum absolute atomic E-state index is 16.1. The van der Waals surface area contributed by atoms with Gasteiger partial charge in [-0.15, -0.1) is 0 Å². The average molecular weight is 703 g/mol. The zero-order valence-corrected chi connectivity index (χ0v) is 30.6. The van der Waals surface area contributed by atoms with Gasteiger partial charge in [0.05, 0.1) is 34.1 Å². The number of para-hydroxylation sites is 1. The number of benzene rings is 6. The molecular weight excluding hydrogens is 665 g/mol. The summed E-state index contributed by atoms with van der Waals surface area (Å²) < 4.78 is 0. The van der Waals surface area contributed by atoms with Crippen LogP contribution in [0.3, 0.4) is 0 Å². The molecular formula is C47H38N6O. The van der Waals surface area contributed by atoms with E-state index in [1.807, 2.05) is 185 Å². The van der Waals surface area contributed by atoms with Crippen LogP contribution in [0.4, 0.5) is 28.4 Å². The smallest absolute Gasteiger partial charge is 0.257 e. The van der Waals surface area contributed by atoms with Crippen LogP contribution in [0.5, 0.6) is 0 Å². The van der Waals surface area contributed by atoms with E-state index in [1.54, 1.807) is 4.90 Å². The number of amidine groups is 2. The second-order valence-corrected chi connectivity index (χ2v) is 13.7. The number of carbonyl (C=O) groups excluding carboxylic acids is 1. The maximum Gasteiger partial charge on any atom is 0.257 e. The van der Waals surface area contributed by atoms with Crippen molar-refractivity contribution in [3.8, 4) is 0 Å². The van der Waals surface area contributed by atoms with E-state index in [0.717, 1.165) is 27.8 Å². The molecule has 7 heteroatoms. The van der Waals surface area contributed by atoms with Crippen molar-refractivity contribution in [3.05, 3.63) is 186 Å². The molecule has 6 aromatic rings. The Morgan fingerprint density at radius 3 is 1.35 bits per heavy atom. The minimum Gasteiger partial charge on any atom is -0.272 e. The predicted molar refractivity (Wildman–Crippen MR) is 222 cm³/mol. The van der Waals surface area contributed by atoms with Crippen molar-refractivity contribution < 1.29 is 4.79 Å². The number of nitrogens with zero attached hydrogens (tertiary/aromatic N) is 6. The number of hydrogen-bond acceptors (Lipinski definition) is 5. The van der Waals surface area contributed by atoms with Crippen LogP contribution < -0.4 is 4.90 Å². The Balaban J connectivity index is 1.52. The first-order valence-corrected chi connectivity index (χ1v) is 18.0. The van der Waals surface area contributed by atoms with Gasteiger partial charge in [-0.2, -0.15) is 0 Å². The van der Waals surface area contributed by atoms with Gasteiger partial charge in [-0.05, 0) is 93.9 Å². The molecule has 7 nitrogen and oxygen atoms in total. The Morgan fingerprint density at radius 2 is 0.870 bits per heavy atom. The largest absolute Gasteiger partial charge is 0.272 e. The van der Waals surface area contributed by atoms with Crippen molar-refractivity contribution in [2.45, 2.75) is 27.7 Å². The SMILES string of the molecule is Cc1ccc(N=C2N=C(c3ccccc3)C3(C(=O)N(c4ccccc4)C(=Nc4ccc(C)cc4)C3=Nc3ccc(C)cc3)C2=Nc2ccc(C)cc2)cc1. The molecule has 1 amide bonds. The van der Waals surface area contributed by atoms with Crippen LogP contribution in [0.2, 0.25) is 0 Å². The molecule has 2 aliphatic rings. The van der Waals surface area contributed by atoms with E-state index in [-0.39, 0.29) is 5.91 Å². The van der Waals surface area contributed by atoms with Crippen molar-refractivity contribution in [1.82, 2.24) is 0 Å². The fourth-order valence-electron chi connectivity index (χ4n) is 6.71. The highest BCUT2D eigenvalue weighted by molar-refractivity contribution is 6.79. The minimum absolute atomic E-state index is 0.298. The van der Waals surface area contributed by atoms with Gasteiger partial charge < -0.3 is 0 Å². The summed E-state index contributed by atoms with van der Waals surface area (Å²) in [5, 5.41) is 0. The monoisotopic (exact) mass is 702 g/mol. The van der Waals surface area contributed by atoms with Gasteiger partial charge in [0, 0.05) is 0 Å². The molecule has 262 valence electrons. The summed E-state index contributed by atoms with van der Waals surface area (Å²) in [6.45, 7) is 8.15. The highest BCUT2D eigenvalue weighted by atomic mass is 16.2. The topological polar surface area (TPSA) is 82.1 Å². The molecule has 8 rings (SSSR count). The summed E-state index contributed by atoms with van der Waals surface area (Å²) >= 11 is 0. The Hall–Kier alpha value is -6.86. The molecule has 1 fully saturated rings. The summed E-state index contributed by atoms with van der Waals surface area (Å²) in [6.07, 6.45) is 0. The lowest BCUT2D eigenvalue weighted by Gasteiger charge is -2.25. The molecule has 0 bridgehead atoms. The number of carbonyl (C=O) groups is 1. The molecule has 0 aliphatic carbocycles. The van der Waals surface area contributed by atoms with E-state index in [0.29, 0.717) is 57.2 Å². The molecule has 6 aromatic carbocycles. The van der Waals surface area contributed by atoms with Crippen LogP contribution in [0, 0.1) is 33.1 Å². The third-order valence-corrected chi connectivity index (χ3v) is 9.59. The molecule has 1 atom stereocenters. The fourth-order valence-corrected chi connectivity index (χ4v) is 6.71. The number of aliphatic imine (C=N–C) groups is 5. The summed E-state index contributed by atoms with van der Waals surface area (Å²) in [5.74, 6) is 0.410. The Kier molecular flexibility index (Phi) is 9.05. The first-order chi connectivity index (χ1) is 26.3. The lowest BCUT2D eigenvalue weighted by atomic mass is 9.73. The number of amides is 1. The fraction of sp³-hybridized carbons (Fsp3) is 0.106. The van der Waals surface area contributed by atoms with Crippen LogP contribution in [0.25, 0.3) is 0 Å². The van der Waals surface area contributed by atoms with Gasteiger partial charge in [0.2, 0.25) is 0 Å². The van der Waals surface area contributed by atoms with Gasteiger partial charge in [-0.3, -0.25) is 9.69 Å². The Labute approximate surface area is 315 Å².